The number of nitrogens with zero attached hydrogens (tertiary/aromatic N) is 5. The maximum absolute atomic E-state index is 12.1. The number of nitrogens with one attached hydrogen (secondary N) is 2. The highest BCUT2D eigenvalue weighted by Crippen LogP contribution is 2.27. The molecule has 36 heavy (non-hydrogen) atoms. The fourth-order valence-electron chi connectivity index (χ4n) is 4.59. The molecule has 0 amide bonds. The van der Waals surface area contributed by atoms with E-state index in [4.69, 9.17) is 14.7 Å². The highest BCUT2D eigenvalue weighted by Gasteiger charge is 2.24. The SMILES string of the molecule is CC(C)c1cnn2c3nc(nc12)N(CC1CNC1)CCCCCOc1cc(S(C)(=O)=O)ccc1CN3. The van der Waals surface area contributed by atoms with E-state index >= 15 is 0 Å². The van der Waals surface area contributed by atoms with Crippen LogP contribution in [0.3, 0.4) is 0 Å². The summed E-state index contributed by atoms with van der Waals surface area (Å²) < 4.78 is 32.1. The Morgan fingerprint density at radius 1 is 1.17 bits per heavy atom. The third kappa shape index (κ3) is 5.27. The van der Waals surface area contributed by atoms with E-state index in [1.807, 2.05) is 12.3 Å². The van der Waals surface area contributed by atoms with E-state index in [9.17, 15) is 8.42 Å². The molecule has 194 valence electrons. The lowest BCUT2D eigenvalue weighted by Crippen LogP contribution is -2.49. The van der Waals surface area contributed by atoms with E-state index in [-0.39, 0.29) is 10.8 Å². The summed E-state index contributed by atoms with van der Waals surface area (Å²) in [5.41, 5.74) is 2.75. The molecule has 5 rings (SSSR count). The van der Waals surface area contributed by atoms with Crippen LogP contribution in [0.25, 0.3) is 5.65 Å². The van der Waals surface area contributed by atoms with Crippen LogP contribution < -0.4 is 20.3 Å². The van der Waals surface area contributed by atoms with Crippen molar-refractivity contribution in [2.75, 3.05) is 49.3 Å². The summed E-state index contributed by atoms with van der Waals surface area (Å²) in [6.07, 6.45) is 5.96. The van der Waals surface area contributed by atoms with Crippen molar-refractivity contribution in [2.24, 2.45) is 5.92 Å². The monoisotopic (exact) mass is 513 g/mol. The van der Waals surface area contributed by atoms with Crippen LogP contribution in [-0.4, -0.2) is 67.0 Å². The zero-order valence-electron chi connectivity index (χ0n) is 21.2. The number of hydrogen-bond acceptors (Lipinski definition) is 9. The van der Waals surface area contributed by atoms with Gasteiger partial charge in [0.25, 0.3) is 0 Å². The number of hydrogen-bond donors (Lipinski definition) is 2. The molecule has 2 aliphatic heterocycles. The number of anilines is 2. The standard InChI is InChI=1S/C25H35N7O3S/c1-17(2)21-15-28-32-23(21)29-25-30-24(32)27-14-19-7-8-20(36(3,33)34)11-22(19)35-10-6-4-5-9-31(25)16-18-12-26-13-18/h7-8,11,15,17-18,26H,4-6,9-10,12-14,16H2,1-3H3,(H,27,29,30). The van der Waals surface area contributed by atoms with Gasteiger partial charge in [0.2, 0.25) is 11.9 Å². The molecule has 2 aromatic heterocycles. The van der Waals surface area contributed by atoms with Gasteiger partial charge in [-0.2, -0.15) is 19.6 Å². The minimum absolute atomic E-state index is 0.254. The average molecular weight is 514 g/mol. The largest absolute Gasteiger partial charge is 0.493 e. The van der Waals surface area contributed by atoms with Gasteiger partial charge in [-0.25, -0.2) is 8.42 Å². The Morgan fingerprint density at radius 3 is 2.72 bits per heavy atom. The second kappa shape index (κ2) is 10.2. The first-order valence-corrected chi connectivity index (χ1v) is 14.6. The Kier molecular flexibility index (Phi) is 7.03. The highest BCUT2D eigenvalue weighted by molar-refractivity contribution is 7.90. The lowest BCUT2D eigenvalue weighted by molar-refractivity contribution is 0.301. The number of benzene rings is 1. The molecule has 1 saturated heterocycles. The Balaban J connectivity index is 1.55. The second-order valence-electron chi connectivity index (χ2n) is 10.1. The lowest BCUT2D eigenvalue weighted by Gasteiger charge is -2.33. The van der Waals surface area contributed by atoms with Crippen LogP contribution in [0.4, 0.5) is 11.9 Å². The van der Waals surface area contributed by atoms with Gasteiger partial charge in [0, 0.05) is 56.0 Å². The predicted octanol–water partition coefficient (Wildman–Crippen LogP) is 2.85. The molecule has 0 spiro atoms. The minimum atomic E-state index is -3.33. The van der Waals surface area contributed by atoms with Gasteiger partial charge in [0.05, 0.1) is 17.7 Å². The van der Waals surface area contributed by atoms with Crippen molar-refractivity contribution in [1.29, 1.82) is 0 Å². The molecule has 0 saturated carbocycles. The molecule has 2 bridgehead atoms. The maximum Gasteiger partial charge on any atom is 0.230 e. The van der Waals surface area contributed by atoms with Crippen molar-refractivity contribution in [3.63, 3.8) is 0 Å². The van der Waals surface area contributed by atoms with Crippen LogP contribution in [0.1, 0.15) is 50.2 Å². The Hall–Kier alpha value is -2.92. The summed E-state index contributed by atoms with van der Waals surface area (Å²) in [5, 5.41) is 11.4. The second-order valence-corrected chi connectivity index (χ2v) is 12.1. The third-order valence-corrected chi connectivity index (χ3v) is 7.98. The van der Waals surface area contributed by atoms with Crippen molar-refractivity contribution in [1.82, 2.24) is 24.9 Å². The fourth-order valence-corrected chi connectivity index (χ4v) is 5.23. The summed E-state index contributed by atoms with van der Waals surface area (Å²) in [4.78, 5) is 12.5. The van der Waals surface area contributed by atoms with E-state index < -0.39 is 9.84 Å². The van der Waals surface area contributed by atoms with Crippen LogP contribution in [0.15, 0.2) is 29.3 Å². The predicted molar refractivity (Wildman–Crippen MR) is 140 cm³/mol. The Labute approximate surface area is 212 Å². The van der Waals surface area contributed by atoms with Gasteiger partial charge >= 0.3 is 0 Å². The topological polar surface area (TPSA) is 114 Å². The van der Waals surface area contributed by atoms with Crippen LogP contribution in [0, 0.1) is 5.92 Å². The first-order valence-electron chi connectivity index (χ1n) is 12.7. The molecule has 0 atom stereocenters. The first-order chi connectivity index (χ1) is 17.3. The zero-order chi connectivity index (χ0) is 25.3. The van der Waals surface area contributed by atoms with Gasteiger partial charge < -0.3 is 20.3 Å². The van der Waals surface area contributed by atoms with E-state index in [1.54, 1.807) is 16.6 Å². The van der Waals surface area contributed by atoms with E-state index in [0.717, 1.165) is 68.2 Å². The van der Waals surface area contributed by atoms with Gasteiger partial charge in [0.15, 0.2) is 15.5 Å². The van der Waals surface area contributed by atoms with Crippen molar-refractivity contribution in [3.8, 4) is 5.75 Å². The molecule has 4 heterocycles. The number of aromatic nitrogens is 4. The number of rotatable bonds is 4. The highest BCUT2D eigenvalue weighted by atomic mass is 32.2. The van der Waals surface area contributed by atoms with E-state index in [2.05, 4.69) is 34.5 Å². The molecular weight excluding hydrogens is 478 g/mol. The van der Waals surface area contributed by atoms with Gasteiger partial charge in [0.1, 0.15) is 5.75 Å². The summed E-state index contributed by atoms with van der Waals surface area (Å²) in [7, 11) is -3.33. The summed E-state index contributed by atoms with van der Waals surface area (Å²) in [6, 6.07) is 5.06. The van der Waals surface area contributed by atoms with Crippen molar-refractivity contribution in [3.05, 3.63) is 35.5 Å². The van der Waals surface area contributed by atoms with Crippen LogP contribution in [0.2, 0.25) is 0 Å². The van der Waals surface area contributed by atoms with Crippen molar-refractivity contribution < 1.29 is 13.2 Å². The van der Waals surface area contributed by atoms with Gasteiger partial charge in [-0.05, 0) is 37.3 Å². The molecule has 2 N–H and O–H groups in total. The van der Waals surface area contributed by atoms with Crippen LogP contribution in [-0.2, 0) is 16.4 Å². The molecule has 10 nitrogen and oxygen atoms in total. The summed E-state index contributed by atoms with van der Waals surface area (Å²) >= 11 is 0. The molecule has 11 heteroatoms. The normalized spacial score (nSPS) is 17.7. The van der Waals surface area contributed by atoms with E-state index in [1.165, 1.54) is 6.26 Å². The Morgan fingerprint density at radius 2 is 2.00 bits per heavy atom. The number of ether oxygens (including phenoxy) is 1. The smallest absolute Gasteiger partial charge is 0.230 e. The third-order valence-electron chi connectivity index (χ3n) is 6.87. The molecule has 0 unspecified atom stereocenters. The molecular formula is C25H35N7O3S. The Bertz CT molecular complexity index is 1330. The summed E-state index contributed by atoms with van der Waals surface area (Å²) in [6.45, 7) is 9.06. The van der Waals surface area contributed by atoms with Crippen LogP contribution >= 0.6 is 0 Å². The lowest BCUT2D eigenvalue weighted by atomic mass is 10.0. The molecule has 0 aliphatic carbocycles. The quantitative estimate of drug-likeness (QED) is 0.544. The molecule has 1 fully saturated rings. The van der Waals surface area contributed by atoms with E-state index in [0.29, 0.717) is 30.8 Å². The molecule has 1 aromatic carbocycles. The zero-order valence-corrected chi connectivity index (χ0v) is 22.0. The number of fused-ring (bicyclic) bond motifs is 5. The molecule has 2 aliphatic rings. The summed E-state index contributed by atoms with van der Waals surface area (Å²) in [5.74, 6) is 2.77. The molecule has 3 aromatic rings. The minimum Gasteiger partial charge on any atom is -0.493 e. The molecule has 0 radical (unpaired) electrons. The maximum atomic E-state index is 12.1. The van der Waals surface area contributed by atoms with Crippen molar-refractivity contribution in [2.45, 2.75) is 50.5 Å². The van der Waals surface area contributed by atoms with Crippen molar-refractivity contribution >= 4 is 27.4 Å². The fraction of sp³-hybridized carbons (Fsp3) is 0.560. The average Bonchev–Trinajstić information content (AvgIpc) is 3.24. The van der Waals surface area contributed by atoms with Gasteiger partial charge in [-0.15, -0.1) is 0 Å². The van der Waals surface area contributed by atoms with Gasteiger partial charge in [-0.1, -0.05) is 19.9 Å². The first kappa shape index (κ1) is 24.8. The van der Waals surface area contributed by atoms with Crippen LogP contribution in [0.5, 0.6) is 5.75 Å². The number of sulfone groups is 1. The van der Waals surface area contributed by atoms with Gasteiger partial charge in [-0.3, -0.25) is 0 Å².